The van der Waals surface area contributed by atoms with Gasteiger partial charge in [-0.1, -0.05) is 11.6 Å². The number of azo groups is 1. The first kappa shape index (κ1) is 29.9. The van der Waals surface area contributed by atoms with Gasteiger partial charge >= 0.3 is 0 Å². The lowest BCUT2D eigenvalue weighted by Crippen LogP contribution is -2.39. The lowest BCUT2D eigenvalue weighted by atomic mass is 9.60. The van der Waals surface area contributed by atoms with E-state index in [-0.39, 0.29) is 40.9 Å². The molecule has 2 heterocycles. The molecule has 46 heavy (non-hydrogen) atoms. The van der Waals surface area contributed by atoms with Crippen molar-refractivity contribution >= 4 is 62.1 Å². The molecule has 3 aromatic rings. The van der Waals surface area contributed by atoms with Gasteiger partial charge in [0.2, 0.25) is 11.8 Å². The van der Waals surface area contributed by atoms with Crippen LogP contribution in [0.15, 0.2) is 109 Å². The predicted octanol–water partition coefficient (Wildman–Crippen LogP) is 6.22. The minimum Gasteiger partial charge on any atom is -0.463 e. The van der Waals surface area contributed by atoms with Crippen LogP contribution in [0.5, 0.6) is 0 Å². The summed E-state index contributed by atoms with van der Waals surface area (Å²) in [4.78, 5) is 57.8. The Morgan fingerprint density at radius 3 is 2.22 bits per heavy atom. The van der Waals surface area contributed by atoms with Crippen LogP contribution in [0.4, 0.5) is 22.7 Å². The molecule has 11 heteroatoms. The molecule has 1 N–H and O–H groups in total. The molecule has 10 nitrogen and oxygen atoms in total. The number of ketones is 2. The van der Waals surface area contributed by atoms with Gasteiger partial charge in [-0.2, -0.15) is 10.2 Å². The van der Waals surface area contributed by atoms with Crippen LogP contribution in [-0.4, -0.2) is 42.6 Å². The highest BCUT2D eigenvalue weighted by Gasteiger charge is 2.57. The van der Waals surface area contributed by atoms with Crippen LogP contribution < -0.4 is 9.80 Å². The number of rotatable bonds is 6. The molecule has 0 saturated carbocycles. The van der Waals surface area contributed by atoms with Crippen LogP contribution in [0.25, 0.3) is 0 Å². The van der Waals surface area contributed by atoms with Crippen molar-refractivity contribution in [1.82, 2.24) is 0 Å². The van der Waals surface area contributed by atoms with Crippen molar-refractivity contribution < 1.29 is 28.7 Å². The van der Waals surface area contributed by atoms with Crippen LogP contribution in [0.1, 0.15) is 30.3 Å². The van der Waals surface area contributed by atoms with Crippen molar-refractivity contribution in [2.45, 2.75) is 25.4 Å². The maximum Gasteiger partial charge on any atom is 0.238 e. The minimum absolute atomic E-state index is 0.154. The summed E-state index contributed by atoms with van der Waals surface area (Å²) in [7, 11) is 3.92. The molecule has 3 aliphatic carbocycles. The van der Waals surface area contributed by atoms with Crippen LogP contribution in [0.3, 0.4) is 0 Å². The van der Waals surface area contributed by atoms with Crippen LogP contribution in [0.2, 0.25) is 0 Å². The van der Waals surface area contributed by atoms with Gasteiger partial charge in [-0.15, -0.1) is 0 Å². The third-order valence-electron chi connectivity index (χ3n) is 9.21. The largest absolute Gasteiger partial charge is 0.463 e. The molecule has 2 amide bonds. The van der Waals surface area contributed by atoms with Gasteiger partial charge < -0.3 is 14.4 Å². The second-order valence-corrected chi connectivity index (χ2v) is 12.8. The van der Waals surface area contributed by atoms with Crippen molar-refractivity contribution in [3.05, 3.63) is 106 Å². The van der Waals surface area contributed by atoms with Gasteiger partial charge in [0.25, 0.3) is 0 Å². The average Bonchev–Trinajstić information content (AvgIpc) is 3.64. The number of fused-ring (bicyclic) bond motifs is 3. The highest BCUT2D eigenvalue weighted by atomic mass is 79.9. The Labute approximate surface area is 272 Å². The summed E-state index contributed by atoms with van der Waals surface area (Å²) in [5.74, 6) is -3.06. The topological polar surface area (TPSA) is 133 Å². The Balaban J connectivity index is 1.18. The first-order valence-corrected chi connectivity index (χ1v) is 15.7. The number of carbonyl (C=O) groups excluding carboxylic acids is 4. The maximum atomic E-state index is 14.1. The standard InChI is InChI=1S/C35H29BrN4O6/c1-39(2)20-7-3-18(4-8-20)37-38-19-5-9-21(10-6-19)40-34(44)24-13-12-23-25(30(24)35(40)45)15-26-31(28(42)16-27(36)33(26)43)32(23)29-14-11-22(17-41)46-29/h3-12,14,16,24-25,30,32,41H,13,15,17H2,1-2H3/t24-,25+,30-,32+/m0/s1. The van der Waals surface area contributed by atoms with E-state index in [0.29, 0.717) is 46.1 Å². The normalized spacial score (nSPS) is 24.2. The Morgan fingerprint density at radius 2 is 1.59 bits per heavy atom. The number of aliphatic hydroxyl groups excluding tert-OH is 1. The number of anilines is 2. The van der Waals surface area contributed by atoms with Crippen molar-refractivity contribution in [3.8, 4) is 0 Å². The Hall–Kier alpha value is -4.74. The summed E-state index contributed by atoms with van der Waals surface area (Å²) in [6.07, 6.45) is 3.66. The molecular formula is C35H29BrN4O6. The van der Waals surface area contributed by atoms with E-state index in [9.17, 15) is 24.3 Å². The van der Waals surface area contributed by atoms with Crippen LogP contribution in [0, 0.1) is 17.8 Å². The van der Waals surface area contributed by atoms with Crippen molar-refractivity contribution in [2.75, 3.05) is 23.9 Å². The molecule has 7 rings (SSSR count). The van der Waals surface area contributed by atoms with Gasteiger partial charge in [0, 0.05) is 37.0 Å². The van der Waals surface area contributed by atoms with Gasteiger partial charge in [-0.3, -0.25) is 24.1 Å². The number of benzene rings is 2. The van der Waals surface area contributed by atoms with Crippen molar-refractivity contribution in [3.63, 3.8) is 0 Å². The van der Waals surface area contributed by atoms with E-state index in [4.69, 9.17) is 4.42 Å². The van der Waals surface area contributed by atoms with Gasteiger partial charge in [-0.05, 0) is 95.4 Å². The van der Waals surface area contributed by atoms with Crippen LogP contribution in [-0.2, 0) is 25.8 Å². The molecule has 1 aliphatic heterocycles. The Bertz CT molecular complexity index is 1920. The minimum atomic E-state index is -0.714. The van der Waals surface area contributed by atoms with E-state index in [0.717, 1.165) is 11.3 Å². The molecule has 0 unspecified atom stereocenters. The Kier molecular flexibility index (Phi) is 7.53. The van der Waals surface area contributed by atoms with E-state index < -0.39 is 23.7 Å². The summed E-state index contributed by atoms with van der Waals surface area (Å²) >= 11 is 3.23. The molecule has 1 fully saturated rings. The molecule has 0 radical (unpaired) electrons. The van der Waals surface area contributed by atoms with Gasteiger partial charge in [0.05, 0.1) is 39.3 Å². The van der Waals surface area contributed by atoms with Gasteiger partial charge in [0.1, 0.15) is 18.1 Å². The number of Topliss-reactive ketones (excluding diaryl/α,β-unsaturated/α-hetero) is 1. The molecule has 2 aromatic carbocycles. The predicted molar refractivity (Wildman–Crippen MR) is 173 cm³/mol. The second-order valence-electron chi connectivity index (χ2n) is 12.0. The fourth-order valence-corrected chi connectivity index (χ4v) is 7.47. The van der Waals surface area contributed by atoms with E-state index in [2.05, 4.69) is 26.2 Å². The number of hydrogen-bond donors (Lipinski definition) is 1. The molecule has 4 aliphatic rings. The molecule has 1 aromatic heterocycles. The number of carbonyl (C=O) groups is 4. The molecule has 4 atom stereocenters. The number of amides is 2. The number of nitrogens with zero attached hydrogens (tertiary/aromatic N) is 4. The zero-order valence-corrected chi connectivity index (χ0v) is 26.6. The third kappa shape index (κ3) is 4.90. The first-order chi connectivity index (χ1) is 22.2. The van der Waals surface area contributed by atoms with Crippen molar-refractivity contribution in [1.29, 1.82) is 0 Å². The van der Waals surface area contributed by atoms with E-state index >= 15 is 0 Å². The lowest BCUT2D eigenvalue weighted by molar-refractivity contribution is -0.123. The highest BCUT2D eigenvalue weighted by molar-refractivity contribution is 9.12. The second kappa shape index (κ2) is 11.6. The third-order valence-corrected chi connectivity index (χ3v) is 9.80. The number of allylic oxidation sites excluding steroid dienone is 6. The number of furan rings is 1. The van der Waals surface area contributed by atoms with E-state index in [1.807, 2.05) is 49.3 Å². The number of halogens is 1. The molecule has 0 bridgehead atoms. The summed E-state index contributed by atoms with van der Waals surface area (Å²) < 4.78 is 6.06. The SMILES string of the molecule is CN(C)c1ccc(N=Nc2ccc(N3C(=O)[C@H]4[C@H](CC=C5[C@H](c6ccc(CO)o6)C6=C(C[C@H]54)C(=O)C(Br)=CC6=O)C3=O)cc2)cc1. The average molecular weight is 682 g/mol. The zero-order chi connectivity index (χ0) is 32.3. The molecule has 0 spiro atoms. The fraction of sp³-hybridized carbons (Fsp3) is 0.257. The van der Waals surface area contributed by atoms with Gasteiger partial charge in [-0.25, -0.2) is 0 Å². The van der Waals surface area contributed by atoms with Crippen LogP contribution >= 0.6 is 15.9 Å². The monoisotopic (exact) mass is 680 g/mol. The first-order valence-electron chi connectivity index (χ1n) is 14.9. The van der Waals surface area contributed by atoms with E-state index in [1.165, 1.54) is 11.0 Å². The number of imide groups is 1. The summed E-state index contributed by atoms with van der Waals surface area (Å²) in [5, 5.41) is 18.2. The van der Waals surface area contributed by atoms with Crippen molar-refractivity contribution in [2.24, 2.45) is 28.0 Å². The fourth-order valence-electron chi connectivity index (χ4n) is 7.02. The quantitative estimate of drug-likeness (QED) is 0.141. The molecular weight excluding hydrogens is 652 g/mol. The number of aliphatic hydroxyl groups is 1. The summed E-state index contributed by atoms with van der Waals surface area (Å²) in [6, 6.07) is 17.7. The lowest BCUT2D eigenvalue weighted by Gasteiger charge is -2.41. The number of hydrogen-bond acceptors (Lipinski definition) is 9. The smallest absolute Gasteiger partial charge is 0.238 e. The maximum absolute atomic E-state index is 14.1. The summed E-state index contributed by atoms with van der Waals surface area (Å²) in [6.45, 7) is -0.323. The molecule has 232 valence electrons. The van der Waals surface area contributed by atoms with E-state index in [1.54, 1.807) is 36.4 Å². The molecule has 1 saturated heterocycles. The zero-order valence-electron chi connectivity index (χ0n) is 25.0. The Morgan fingerprint density at radius 1 is 0.913 bits per heavy atom. The van der Waals surface area contributed by atoms with Gasteiger partial charge in [0.15, 0.2) is 11.6 Å². The highest BCUT2D eigenvalue weighted by Crippen LogP contribution is 2.55. The summed E-state index contributed by atoms with van der Waals surface area (Å²) in [5.41, 5.74) is 4.16.